The van der Waals surface area contributed by atoms with E-state index >= 15 is 0 Å². The van der Waals surface area contributed by atoms with Crippen molar-refractivity contribution in [3.8, 4) is 11.4 Å². The van der Waals surface area contributed by atoms with Crippen molar-refractivity contribution >= 4 is 17.7 Å². The first-order valence-electron chi connectivity index (χ1n) is 9.98. The molecular weight excluding hydrogens is 394 g/mol. The fourth-order valence-corrected chi connectivity index (χ4v) is 3.80. The Morgan fingerprint density at radius 3 is 2.83 bits per heavy atom. The SMILES string of the molecule is CCC1OC(=O)Nc2ncnc(-c3cc(C(C)(F)F)cc(N4CCN[C@@H](C)C4)n3)c21. The summed E-state index contributed by atoms with van der Waals surface area (Å²) >= 11 is 0. The van der Waals surface area contributed by atoms with Crippen LogP contribution in [0.1, 0.15) is 44.4 Å². The Balaban J connectivity index is 1.86. The number of carbonyl (C=O) groups is 1. The second kappa shape index (κ2) is 7.75. The molecule has 160 valence electrons. The lowest BCUT2D eigenvalue weighted by Gasteiger charge is -2.33. The summed E-state index contributed by atoms with van der Waals surface area (Å²) < 4.78 is 34.0. The lowest BCUT2D eigenvalue weighted by Crippen LogP contribution is -2.49. The van der Waals surface area contributed by atoms with E-state index in [0.29, 0.717) is 48.1 Å². The first kappa shape index (κ1) is 20.4. The van der Waals surface area contributed by atoms with Crippen LogP contribution in [0.3, 0.4) is 0 Å². The Morgan fingerprint density at radius 1 is 1.33 bits per heavy atom. The van der Waals surface area contributed by atoms with Gasteiger partial charge in [0.25, 0.3) is 5.92 Å². The van der Waals surface area contributed by atoms with Gasteiger partial charge in [-0.15, -0.1) is 0 Å². The summed E-state index contributed by atoms with van der Waals surface area (Å²) in [6.45, 7) is 6.83. The molecule has 1 amide bonds. The Bertz CT molecular complexity index is 965. The first-order chi connectivity index (χ1) is 14.3. The molecule has 0 spiro atoms. The summed E-state index contributed by atoms with van der Waals surface area (Å²) in [5.74, 6) is -2.26. The standard InChI is InChI=1S/C20H24F2N6O2/c1-4-14-16-17(24-10-25-18(16)27-19(29)30-14)13-7-12(20(3,21)22)8-15(26-13)28-6-5-23-11(2)9-28/h7-8,10-11,14,23H,4-6,9H2,1-3H3,(H,24,25,27,29)/t11-,14?/m0/s1. The highest BCUT2D eigenvalue weighted by molar-refractivity contribution is 5.88. The number of cyclic esters (lactones) is 1. The molecule has 8 nitrogen and oxygen atoms in total. The van der Waals surface area contributed by atoms with Gasteiger partial charge in [0.05, 0.1) is 11.3 Å². The highest BCUT2D eigenvalue weighted by Crippen LogP contribution is 2.39. The van der Waals surface area contributed by atoms with Gasteiger partial charge in [-0.1, -0.05) is 6.92 Å². The normalized spacial score (nSPS) is 21.6. The number of hydrogen-bond acceptors (Lipinski definition) is 7. The Hall–Kier alpha value is -2.88. The van der Waals surface area contributed by atoms with E-state index in [9.17, 15) is 13.6 Å². The van der Waals surface area contributed by atoms with Crippen molar-refractivity contribution in [3.05, 3.63) is 29.6 Å². The number of rotatable bonds is 4. The molecule has 0 aromatic carbocycles. The third-order valence-corrected chi connectivity index (χ3v) is 5.30. The molecule has 1 saturated heterocycles. The van der Waals surface area contributed by atoms with Crippen molar-refractivity contribution in [2.24, 2.45) is 0 Å². The van der Waals surface area contributed by atoms with Crippen LogP contribution in [0.4, 0.5) is 25.2 Å². The summed E-state index contributed by atoms with van der Waals surface area (Å²) in [7, 11) is 0. The van der Waals surface area contributed by atoms with Crippen LogP contribution >= 0.6 is 0 Å². The largest absolute Gasteiger partial charge is 0.441 e. The maximum absolute atomic E-state index is 14.3. The second-order valence-electron chi connectivity index (χ2n) is 7.70. The van der Waals surface area contributed by atoms with Crippen LogP contribution in [0.2, 0.25) is 0 Å². The molecule has 0 bridgehead atoms. The molecule has 2 aliphatic heterocycles. The van der Waals surface area contributed by atoms with Crippen LogP contribution < -0.4 is 15.5 Å². The first-order valence-corrected chi connectivity index (χ1v) is 9.98. The number of carbonyl (C=O) groups excluding carboxylic acids is 1. The van der Waals surface area contributed by atoms with Gasteiger partial charge >= 0.3 is 6.09 Å². The lowest BCUT2D eigenvalue weighted by atomic mass is 10.0. The average Bonchev–Trinajstić information content (AvgIpc) is 2.71. The highest BCUT2D eigenvalue weighted by atomic mass is 19.3. The van der Waals surface area contributed by atoms with Crippen LogP contribution in [0.25, 0.3) is 11.4 Å². The van der Waals surface area contributed by atoms with E-state index in [-0.39, 0.29) is 11.6 Å². The minimum Gasteiger partial charge on any atom is -0.441 e. The summed E-state index contributed by atoms with van der Waals surface area (Å²) in [6, 6.07) is 3.00. The van der Waals surface area contributed by atoms with Gasteiger partial charge in [0.15, 0.2) is 0 Å². The molecule has 0 aliphatic carbocycles. The molecule has 2 atom stereocenters. The number of halogens is 2. The molecule has 30 heavy (non-hydrogen) atoms. The Kier molecular flexibility index (Phi) is 5.27. The van der Waals surface area contributed by atoms with Crippen molar-refractivity contribution in [3.63, 3.8) is 0 Å². The number of ether oxygens (including phenoxy) is 1. The lowest BCUT2D eigenvalue weighted by molar-refractivity contribution is 0.0174. The fourth-order valence-electron chi connectivity index (χ4n) is 3.80. The molecule has 2 aromatic rings. The molecule has 0 radical (unpaired) electrons. The van der Waals surface area contributed by atoms with E-state index in [1.807, 2.05) is 18.7 Å². The molecule has 1 unspecified atom stereocenters. The quantitative estimate of drug-likeness (QED) is 0.786. The maximum atomic E-state index is 14.3. The van der Waals surface area contributed by atoms with Gasteiger partial charge in [0.2, 0.25) is 0 Å². The van der Waals surface area contributed by atoms with Gasteiger partial charge in [0.1, 0.15) is 29.8 Å². The van der Waals surface area contributed by atoms with Crippen molar-refractivity contribution < 1.29 is 18.3 Å². The molecule has 10 heteroatoms. The van der Waals surface area contributed by atoms with Gasteiger partial charge in [-0.3, -0.25) is 5.32 Å². The predicted molar refractivity (Wildman–Crippen MR) is 108 cm³/mol. The minimum absolute atomic E-state index is 0.144. The van der Waals surface area contributed by atoms with Gasteiger partial charge in [-0.25, -0.2) is 28.5 Å². The van der Waals surface area contributed by atoms with E-state index in [2.05, 4.69) is 25.6 Å². The summed E-state index contributed by atoms with van der Waals surface area (Å²) in [5, 5.41) is 5.89. The summed E-state index contributed by atoms with van der Waals surface area (Å²) in [4.78, 5) is 26.9. The number of hydrogen-bond donors (Lipinski definition) is 2. The van der Waals surface area contributed by atoms with Crippen molar-refractivity contribution in [2.45, 2.75) is 45.3 Å². The van der Waals surface area contributed by atoms with Gasteiger partial charge < -0.3 is 15.0 Å². The number of anilines is 2. The van der Waals surface area contributed by atoms with Crippen LogP contribution in [0.15, 0.2) is 18.5 Å². The van der Waals surface area contributed by atoms with Gasteiger partial charge in [-0.2, -0.15) is 0 Å². The molecule has 4 heterocycles. The second-order valence-corrected chi connectivity index (χ2v) is 7.70. The number of nitrogens with zero attached hydrogens (tertiary/aromatic N) is 4. The Morgan fingerprint density at radius 2 is 2.13 bits per heavy atom. The zero-order chi connectivity index (χ0) is 21.5. The number of fused-ring (bicyclic) bond motifs is 1. The van der Waals surface area contributed by atoms with E-state index in [1.165, 1.54) is 18.5 Å². The number of alkyl halides is 2. The molecule has 2 aromatic heterocycles. The molecule has 4 rings (SSSR count). The van der Waals surface area contributed by atoms with Crippen molar-refractivity contribution in [2.75, 3.05) is 29.9 Å². The molecular formula is C20H24F2N6O2. The number of aromatic nitrogens is 3. The smallest absolute Gasteiger partial charge is 0.413 e. The zero-order valence-electron chi connectivity index (χ0n) is 17.1. The van der Waals surface area contributed by atoms with Crippen LogP contribution in [-0.2, 0) is 10.7 Å². The number of amides is 1. The molecule has 2 N–H and O–H groups in total. The number of pyridine rings is 1. The van der Waals surface area contributed by atoms with Crippen LogP contribution in [-0.4, -0.2) is 46.7 Å². The minimum atomic E-state index is -3.05. The molecule has 0 saturated carbocycles. The third kappa shape index (κ3) is 3.91. The predicted octanol–water partition coefficient (Wildman–Crippen LogP) is 3.46. The van der Waals surface area contributed by atoms with E-state index in [0.717, 1.165) is 13.5 Å². The summed E-state index contributed by atoms with van der Waals surface area (Å²) in [5.41, 5.74) is 1.08. The maximum Gasteiger partial charge on any atom is 0.413 e. The third-order valence-electron chi connectivity index (χ3n) is 5.30. The van der Waals surface area contributed by atoms with Crippen molar-refractivity contribution in [1.29, 1.82) is 0 Å². The van der Waals surface area contributed by atoms with Crippen LogP contribution in [0.5, 0.6) is 0 Å². The van der Waals surface area contributed by atoms with E-state index in [4.69, 9.17) is 4.74 Å². The topological polar surface area (TPSA) is 92.3 Å². The summed E-state index contributed by atoms with van der Waals surface area (Å²) in [6.07, 6.45) is 0.598. The fraction of sp³-hybridized carbons (Fsp3) is 0.500. The van der Waals surface area contributed by atoms with Gasteiger partial charge in [0, 0.05) is 38.2 Å². The van der Waals surface area contributed by atoms with E-state index < -0.39 is 18.1 Å². The van der Waals surface area contributed by atoms with Gasteiger partial charge in [-0.05, 0) is 25.5 Å². The zero-order valence-corrected chi connectivity index (χ0v) is 17.1. The average molecular weight is 418 g/mol. The monoisotopic (exact) mass is 418 g/mol. The number of piperazine rings is 1. The number of nitrogens with one attached hydrogen (secondary N) is 2. The Labute approximate surface area is 173 Å². The highest BCUT2D eigenvalue weighted by Gasteiger charge is 2.33. The van der Waals surface area contributed by atoms with Crippen LogP contribution in [0, 0.1) is 0 Å². The molecule has 1 fully saturated rings. The van der Waals surface area contributed by atoms with E-state index in [1.54, 1.807) is 0 Å². The molecule has 2 aliphatic rings. The van der Waals surface area contributed by atoms with Crippen molar-refractivity contribution in [1.82, 2.24) is 20.3 Å².